The lowest BCUT2D eigenvalue weighted by Gasteiger charge is -2.41. The van der Waals surface area contributed by atoms with Crippen LogP contribution in [0.4, 0.5) is 4.39 Å². The number of hydrogen-bond acceptors (Lipinski definition) is 5. The minimum atomic E-state index is -1.26. The monoisotopic (exact) mass is 514 g/mol. The third-order valence-corrected chi connectivity index (χ3v) is 7.80. The van der Waals surface area contributed by atoms with Crippen LogP contribution >= 0.6 is 11.8 Å². The molecule has 0 bridgehead atoms. The Morgan fingerprint density at radius 1 is 0.944 bits per heavy atom. The van der Waals surface area contributed by atoms with Gasteiger partial charge in [0, 0.05) is 60.2 Å². The van der Waals surface area contributed by atoms with Gasteiger partial charge in [-0.3, -0.25) is 9.80 Å². The minimum Gasteiger partial charge on any atom is -0.478 e. The second kappa shape index (κ2) is 12.5. The molecule has 0 amide bonds. The minimum absolute atomic E-state index is 0.143. The summed E-state index contributed by atoms with van der Waals surface area (Å²) in [6, 6.07) is 13.2. The third kappa shape index (κ3) is 7.41. The highest BCUT2D eigenvalue weighted by molar-refractivity contribution is 7.99. The molecule has 36 heavy (non-hydrogen) atoms. The number of halogens is 1. The highest BCUT2D eigenvalue weighted by Gasteiger charge is 2.31. The average molecular weight is 515 g/mol. The number of carboxylic acids is 2. The molecule has 1 saturated heterocycles. The number of rotatable bonds is 5. The molecule has 194 valence electrons. The maximum Gasteiger partial charge on any atom is 0.328 e. The first kappa shape index (κ1) is 27.9. The van der Waals surface area contributed by atoms with Crippen molar-refractivity contribution < 1.29 is 24.2 Å². The number of nitrogens with zero attached hydrogens (tertiary/aromatic N) is 2. The molecule has 1 unspecified atom stereocenters. The molecule has 2 heterocycles. The van der Waals surface area contributed by atoms with E-state index in [1.165, 1.54) is 21.6 Å². The zero-order chi connectivity index (χ0) is 26.4. The molecule has 0 aromatic heterocycles. The van der Waals surface area contributed by atoms with Crippen molar-refractivity contribution in [3.63, 3.8) is 0 Å². The Bertz CT molecular complexity index is 1090. The summed E-state index contributed by atoms with van der Waals surface area (Å²) in [5.41, 5.74) is 4.08. The van der Waals surface area contributed by atoms with Crippen LogP contribution in [0.15, 0.2) is 58.3 Å². The SMILES string of the molecule is CC(C)c1ccc2c(c1)C(N1CCN(C(C)C)CC1)Cc1ccc(F)cc1S2.O=C(O)C=CC(=O)O. The lowest BCUT2D eigenvalue weighted by molar-refractivity contribution is -0.134. The van der Waals surface area contributed by atoms with Crippen LogP contribution in [0.2, 0.25) is 0 Å². The van der Waals surface area contributed by atoms with Crippen LogP contribution in [0.1, 0.15) is 56.3 Å². The van der Waals surface area contributed by atoms with Gasteiger partial charge < -0.3 is 10.2 Å². The van der Waals surface area contributed by atoms with Gasteiger partial charge in [0.05, 0.1) is 0 Å². The lowest BCUT2D eigenvalue weighted by Crippen LogP contribution is -2.50. The predicted octanol–water partition coefficient (Wildman–Crippen LogP) is 5.44. The smallest absolute Gasteiger partial charge is 0.328 e. The van der Waals surface area contributed by atoms with E-state index in [-0.39, 0.29) is 5.82 Å². The Morgan fingerprint density at radius 3 is 2.14 bits per heavy atom. The van der Waals surface area contributed by atoms with Crippen molar-refractivity contribution in [3.8, 4) is 0 Å². The Kier molecular flexibility index (Phi) is 9.70. The molecule has 1 fully saturated rings. The van der Waals surface area contributed by atoms with E-state index in [2.05, 4.69) is 55.7 Å². The molecule has 0 radical (unpaired) electrons. The van der Waals surface area contributed by atoms with Crippen LogP contribution in [-0.4, -0.2) is 64.2 Å². The van der Waals surface area contributed by atoms with Crippen LogP contribution in [0.3, 0.4) is 0 Å². The predicted molar refractivity (Wildman–Crippen MR) is 140 cm³/mol. The van der Waals surface area contributed by atoms with Crippen LogP contribution in [0.5, 0.6) is 0 Å². The van der Waals surface area contributed by atoms with Gasteiger partial charge in [-0.15, -0.1) is 0 Å². The van der Waals surface area contributed by atoms with Gasteiger partial charge in [-0.25, -0.2) is 14.0 Å². The highest BCUT2D eigenvalue weighted by Crippen LogP contribution is 2.44. The molecule has 0 aliphatic carbocycles. The molecule has 2 aromatic rings. The second-order valence-electron chi connectivity index (χ2n) is 9.70. The summed E-state index contributed by atoms with van der Waals surface area (Å²) >= 11 is 1.73. The van der Waals surface area contributed by atoms with Gasteiger partial charge in [0.15, 0.2) is 0 Å². The second-order valence-corrected chi connectivity index (χ2v) is 10.8. The molecule has 1 atom stereocenters. The molecule has 4 rings (SSSR count). The number of hydrogen-bond donors (Lipinski definition) is 2. The molecule has 0 saturated carbocycles. The fourth-order valence-electron chi connectivity index (χ4n) is 4.54. The van der Waals surface area contributed by atoms with Crippen molar-refractivity contribution in [1.82, 2.24) is 9.80 Å². The third-order valence-electron chi connectivity index (χ3n) is 6.61. The highest BCUT2D eigenvalue weighted by atomic mass is 32.2. The molecule has 2 aliphatic rings. The standard InChI is InChI=1S/C24H31FN2S.C4H4O4/c1-16(2)18-6-8-23-21(13-18)22(27-11-9-26(10-12-27)17(3)4)14-19-5-7-20(25)15-24(19)28-23;5-3(6)1-2-4(7)8/h5-8,13,15-17,22H,9-12,14H2,1-4H3;1-2H,(H,5,6)(H,7,8). The Labute approximate surface area is 216 Å². The largest absolute Gasteiger partial charge is 0.478 e. The van der Waals surface area contributed by atoms with Crippen LogP contribution in [-0.2, 0) is 16.0 Å². The first-order chi connectivity index (χ1) is 17.0. The van der Waals surface area contributed by atoms with Crippen molar-refractivity contribution >= 4 is 23.7 Å². The first-order valence-electron chi connectivity index (χ1n) is 12.3. The number of carboxylic acid groups (broad SMARTS) is 2. The Balaban J connectivity index is 0.000000392. The summed E-state index contributed by atoms with van der Waals surface area (Å²) in [4.78, 5) is 26.7. The van der Waals surface area contributed by atoms with Gasteiger partial charge in [-0.2, -0.15) is 0 Å². The molecular weight excluding hydrogens is 479 g/mol. The summed E-state index contributed by atoms with van der Waals surface area (Å²) in [6.45, 7) is 13.5. The summed E-state index contributed by atoms with van der Waals surface area (Å²) < 4.78 is 13.9. The fourth-order valence-corrected chi connectivity index (χ4v) is 5.68. The van der Waals surface area contributed by atoms with Crippen LogP contribution in [0, 0.1) is 5.82 Å². The zero-order valence-corrected chi connectivity index (χ0v) is 22.1. The van der Waals surface area contributed by atoms with Gasteiger partial charge in [0.2, 0.25) is 0 Å². The molecule has 2 N–H and O–H groups in total. The number of piperazine rings is 1. The van der Waals surface area contributed by atoms with E-state index in [1.807, 2.05) is 6.07 Å². The van der Waals surface area contributed by atoms with Gasteiger partial charge in [-0.1, -0.05) is 43.8 Å². The van der Waals surface area contributed by atoms with Gasteiger partial charge in [-0.05, 0) is 61.1 Å². The van der Waals surface area contributed by atoms with Crippen molar-refractivity contribution in [1.29, 1.82) is 0 Å². The van der Waals surface area contributed by atoms with Gasteiger partial charge in [0.1, 0.15) is 5.82 Å². The normalized spacial score (nSPS) is 18.4. The van der Waals surface area contributed by atoms with E-state index in [0.29, 0.717) is 30.2 Å². The number of benzene rings is 2. The number of fused-ring (bicyclic) bond motifs is 2. The summed E-state index contributed by atoms with van der Waals surface area (Å²) in [5.74, 6) is -2.15. The van der Waals surface area contributed by atoms with Crippen LogP contribution < -0.4 is 0 Å². The van der Waals surface area contributed by atoms with E-state index < -0.39 is 11.9 Å². The quantitative estimate of drug-likeness (QED) is 0.515. The van der Waals surface area contributed by atoms with Crippen molar-refractivity contribution in [3.05, 3.63) is 71.1 Å². The molecule has 6 nitrogen and oxygen atoms in total. The van der Waals surface area contributed by atoms with E-state index in [9.17, 15) is 14.0 Å². The van der Waals surface area contributed by atoms with Crippen molar-refractivity contribution in [2.24, 2.45) is 0 Å². The maximum absolute atomic E-state index is 13.9. The summed E-state index contributed by atoms with van der Waals surface area (Å²) in [7, 11) is 0. The van der Waals surface area contributed by atoms with E-state index in [1.54, 1.807) is 23.9 Å². The van der Waals surface area contributed by atoms with Gasteiger partial charge in [0.25, 0.3) is 0 Å². The molecule has 2 aliphatic heterocycles. The number of aliphatic carboxylic acids is 2. The Hall–Kier alpha value is -2.68. The van der Waals surface area contributed by atoms with Crippen LogP contribution in [0.25, 0.3) is 0 Å². The topological polar surface area (TPSA) is 81.1 Å². The maximum atomic E-state index is 13.9. The van der Waals surface area contributed by atoms with E-state index in [0.717, 1.165) is 37.5 Å². The van der Waals surface area contributed by atoms with Crippen molar-refractivity contribution in [2.75, 3.05) is 26.2 Å². The average Bonchev–Trinajstić information content (AvgIpc) is 2.99. The van der Waals surface area contributed by atoms with Gasteiger partial charge >= 0.3 is 11.9 Å². The Morgan fingerprint density at radius 2 is 1.58 bits per heavy atom. The number of carbonyl (C=O) groups is 2. The molecule has 8 heteroatoms. The molecule has 2 aromatic carbocycles. The first-order valence-corrected chi connectivity index (χ1v) is 13.1. The van der Waals surface area contributed by atoms with Crippen molar-refractivity contribution in [2.45, 2.75) is 61.9 Å². The van der Waals surface area contributed by atoms with E-state index in [4.69, 9.17) is 10.2 Å². The fraction of sp³-hybridized carbons (Fsp3) is 0.429. The molecular formula is C28H35FN2O4S. The van der Waals surface area contributed by atoms with E-state index >= 15 is 0 Å². The zero-order valence-electron chi connectivity index (χ0n) is 21.3. The summed E-state index contributed by atoms with van der Waals surface area (Å²) in [6.07, 6.45) is 2.07. The summed E-state index contributed by atoms with van der Waals surface area (Å²) in [5, 5.41) is 15.6. The lowest BCUT2D eigenvalue weighted by atomic mass is 9.93. The molecule has 0 spiro atoms.